The van der Waals surface area contributed by atoms with Gasteiger partial charge in [0.15, 0.2) is 0 Å². The molecule has 0 radical (unpaired) electrons. The first kappa shape index (κ1) is 36.6. The smallest absolute Gasteiger partial charge is 0.420 e. The lowest BCUT2D eigenvalue weighted by Crippen LogP contribution is -2.55. The predicted octanol–water partition coefficient (Wildman–Crippen LogP) is 9.72. The summed E-state index contributed by atoms with van der Waals surface area (Å²) in [5.74, 6) is -0.491. The van der Waals surface area contributed by atoms with Crippen molar-refractivity contribution in [2.75, 3.05) is 0 Å². The Labute approximate surface area is 267 Å². The van der Waals surface area contributed by atoms with Crippen LogP contribution in [0.3, 0.4) is 0 Å². The summed E-state index contributed by atoms with van der Waals surface area (Å²) < 4.78 is 11.7. The molecule has 0 aromatic carbocycles. The number of rotatable bonds is 8. The molecule has 3 fully saturated rings. The van der Waals surface area contributed by atoms with Gasteiger partial charge in [0, 0.05) is 12.1 Å². The van der Waals surface area contributed by atoms with Crippen LogP contribution in [0.1, 0.15) is 144 Å². The lowest BCUT2D eigenvalue weighted by Gasteiger charge is -2.50. The van der Waals surface area contributed by atoms with Crippen LogP contribution >= 0.6 is 31.9 Å². The SMILES string of the molecule is CC(C)(C)OC(=O)N(C(=O)OC(C)(C)C)C1CC(CCCC(=O)O)CCC1P(C1CCCCC1)C1CCCCC1.I. The molecule has 238 valence electrons. The molecule has 0 aromatic rings. The van der Waals surface area contributed by atoms with E-state index in [1.807, 2.05) is 41.5 Å². The van der Waals surface area contributed by atoms with E-state index in [1.165, 1.54) is 69.1 Å². The maximum absolute atomic E-state index is 13.8. The van der Waals surface area contributed by atoms with Crippen molar-refractivity contribution in [3.63, 3.8) is 0 Å². The number of ether oxygens (including phenoxy) is 2. The Kier molecular flexibility index (Phi) is 14.7. The normalized spacial score (nSPS) is 24.8. The lowest BCUT2D eigenvalue weighted by atomic mass is 9.81. The molecular formula is C32H57INO6P. The van der Waals surface area contributed by atoms with Gasteiger partial charge in [0.25, 0.3) is 0 Å². The zero-order chi connectivity index (χ0) is 29.5. The highest BCUT2D eigenvalue weighted by atomic mass is 127. The number of nitrogens with zero attached hydrogens (tertiary/aromatic N) is 1. The summed E-state index contributed by atoms with van der Waals surface area (Å²) >= 11 is 0. The third-order valence-electron chi connectivity index (χ3n) is 8.78. The monoisotopic (exact) mass is 709 g/mol. The van der Waals surface area contributed by atoms with E-state index in [9.17, 15) is 19.5 Å². The van der Waals surface area contributed by atoms with Crippen LogP contribution in [0.4, 0.5) is 9.59 Å². The van der Waals surface area contributed by atoms with Crippen LogP contribution in [0.25, 0.3) is 0 Å². The Hall–Kier alpha value is -0.630. The van der Waals surface area contributed by atoms with Crippen LogP contribution in [0.2, 0.25) is 0 Å². The minimum absolute atomic E-state index is 0. The number of amides is 2. The number of aliphatic carboxylic acids is 1. The standard InChI is InChI=1S/C32H56NO6P.HI/c1-31(2,3)38-29(36)33(30(37)39-32(4,5)6)26-22-23(14-13-19-28(34)35)20-21-27(26)40(24-15-9-7-10-16-24)25-17-11-8-12-18-25;/h23-27H,7-22H2,1-6H3,(H,34,35);1H. The molecule has 9 heteroatoms. The molecule has 7 nitrogen and oxygen atoms in total. The second-order valence-corrected chi connectivity index (χ2v) is 17.5. The largest absolute Gasteiger partial charge is 0.481 e. The molecule has 3 aliphatic rings. The van der Waals surface area contributed by atoms with E-state index in [4.69, 9.17) is 9.47 Å². The fourth-order valence-corrected chi connectivity index (χ4v) is 11.9. The van der Waals surface area contributed by atoms with Crippen molar-refractivity contribution in [1.29, 1.82) is 0 Å². The fourth-order valence-electron chi connectivity index (χ4n) is 7.21. The van der Waals surface area contributed by atoms with Gasteiger partial charge in [-0.05, 0) is 117 Å². The Bertz CT molecular complexity index is 798. The molecule has 0 aromatic heterocycles. The highest BCUT2D eigenvalue weighted by molar-refractivity contribution is 14.0. The van der Waals surface area contributed by atoms with Crippen molar-refractivity contribution in [2.24, 2.45) is 5.92 Å². The maximum Gasteiger partial charge on any atom is 0.420 e. The molecule has 3 unspecified atom stereocenters. The number of carbonyl (C=O) groups excluding carboxylic acids is 2. The van der Waals surface area contributed by atoms with E-state index in [-0.39, 0.29) is 48.0 Å². The molecule has 0 aliphatic heterocycles. The molecule has 1 N–H and O–H groups in total. The number of carbonyl (C=O) groups is 3. The van der Waals surface area contributed by atoms with Gasteiger partial charge in [0.05, 0.1) is 6.04 Å². The molecule has 0 bridgehead atoms. The molecular weight excluding hydrogens is 652 g/mol. The van der Waals surface area contributed by atoms with E-state index >= 15 is 0 Å². The van der Waals surface area contributed by atoms with E-state index in [1.54, 1.807) is 0 Å². The van der Waals surface area contributed by atoms with Gasteiger partial charge in [0.2, 0.25) is 0 Å². The van der Waals surface area contributed by atoms with Crippen LogP contribution in [-0.4, -0.2) is 62.4 Å². The first-order valence-corrected chi connectivity index (χ1v) is 17.5. The number of hydrogen-bond acceptors (Lipinski definition) is 5. The number of halogens is 1. The quantitative estimate of drug-likeness (QED) is 0.199. The summed E-state index contributed by atoms with van der Waals surface area (Å²) in [7, 11) is -0.396. The zero-order valence-electron chi connectivity index (χ0n) is 26.5. The molecule has 3 rings (SSSR count). The molecule has 0 saturated heterocycles. The minimum atomic E-state index is -0.771. The number of hydrogen-bond donors (Lipinski definition) is 1. The van der Waals surface area contributed by atoms with Crippen molar-refractivity contribution in [3.05, 3.63) is 0 Å². The van der Waals surface area contributed by atoms with Crippen LogP contribution in [-0.2, 0) is 14.3 Å². The van der Waals surface area contributed by atoms with Crippen LogP contribution < -0.4 is 0 Å². The first-order valence-electron chi connectivity index (χ1n) is 16.0. The van der Waals surface area contributed by atoms with Gasteiger partial charge in [-0.3, -0.25) is 4.79 Å². The molecule has 0 heterocycles. The van der Waals surface area contributed by atoms with Crippen molar-refractivity contribution in [1.82, 2.24) is 4.90 Å². The fraction of sp³-hybridized carbons (Fsp3) is 0.906. The average Bonchev–Trinajstić information content (AvgIpc) is 2.84. The molecule has 2 amide bonds. The minimum Gasteiger partial charge on any atom is -0.481 e. The van der Waals surface area contributed by atoms with Crippen molar-refractivity contribution in [2.45, 2.75) is 178 Å². The van der Waals surface area contributed by atoms with Crippen molar-refractivity contribution >= 4 is 50.1 Å². The summed E-state index contributed by atoms with van der Waals surface area (Å²) in [6, 6.07) is -0.275. The van der Waals surface area contributed by atoms with Crippen LogP contribution in [0, 0.1) is 5.92 Å². The Balaban J connectivity index is 0.00000588. The molecule has 3 aliphatic carbocycles. The van der Waals surface area contributed by atoms with Crippen molar-refractivity contribution in [3.8, 4) is 0 Å². The predicted molar refractivity (Wildman–Crippen MR) is 177 cm³/mol. The Morgan fingerprint density at radius 3 is 1.63 bits per heavy atom. The van der Waals surface area contributed by atoms with E-state index in [0.717, 1.165) is 19.3 Å². The molecule has 0 spiro atoms. The highest BCUT2D eigenvalue weighted by Gasteiger charge is 2.48. The second kappa shape index (κ2) is 16.4. The Morgan fingerprint density at radius 1 is 0.756 bits per heavy atom. The van der Waals surface area contributed by atoms with Crippen LogP contribution in [0.15, 0.2) is 0 Å². The maximum atomic E-state index is 13.8. The van der Waals surface area contributed by atoms with Gasteiger partial charge in [0.1, 0.15) is 11.2 Å². The lowest BCUT2D eigenvalue weighted by molar-refractivity contribution is -0.137. The third kappa shape index (κ3) is 11.8. The first-order chi connectivity index (χ1) is 18.7. The summed E-state index contributed by atoms with van der Waals surface area (Å²) in [5, 5.41) is 9.22. The summed E-state index contributed by atoms with van der Waals surface area (Å²) in [4.78, 5) is 40.3. The van der Waals surface area contributed by atoms with Gasteiger partial charge in [-0.25, -0.2) is 14.5 Å². The number of carboxylic acid groups (broad SMARTS) is 1. The Morgan fingerprint density at radius 2 is 1.22 bits per heavy atom. The van der Waals surface area contributed by atoms with E-state index in [2.05, 4.69) is 0 Å². The summed E-state index contributed by atoms with van der Waals surface area (Å²) in [6.45, 7) is 11.0. The van der Waals surface area contributed by atoms with Gasteiger partial charge in [-0.2, -0.15) is 0 Å². The van der Waals surface area contributed by atoms with Gasteiger partial charge in [-0.1, -0.05) is 46.4 Å². The zero-order valence-corrected chi connectivity index (χ0v) is 29.7. The summed E-state index contributed by atoms with van der Waals surface area (Å²) in [6.07, 6.45) is 15.9. The third-order valence-corrected chi connectivity index (χ3v) is 12.9. The number of carboxylic acids is 1. The van der Waals surface area contributed by atoms with E-state index < -0.39 is 37.3 Å². The van der Waals surface area contributed by atoms with Crippen LogP contribution in [0.5, 0.6) is 0 Å². The van der Waals surface area contributed by atoms with Crippen molar-refractivity contribution < 1.29 is 29.0 Å². The van der Waals surface area contributed by atoms with Gasteiger partial charge < -0.3 is 14.6 Å². The van der Waals surface area contributed by atoms with Gasteiger partial charge in [-0.15, -0.1) is 24.0 Å². The van der Waals surface area contributed by atoms with E-state index in [0.29, 0.717) is 24.2 Å². The molecule has 41 heavy (non-hydrogen) atoms. The second-order valence-electron chi connectivity index (χ2n) is 14.5. The summed E-state index contributed by atoms with van der Waals surface area (Å²) in [5.41, 5.74) is 0.195. The molecule has 3 saturated carbocycles. The highest BCUT2D eigenvalue weighted by Crippen LogP contribution is 2.63. The molecule has 3 atom stereocenters. The average molecular weight is 710 g/mol. The topological polar surface area (TPSA) is 93.1 Å². The number of imide groups is 1. The van der Waals surface area contributed by atoms with Gasteiger partial charge >= 0.3 is 18.2 Å².